The van der Waals surface area contributed by atoms with Gasteiger partial charge < -0.3 is 25.6 Å². The summed E-state index contributed by atoms with van der Waals surface area (Å²) >= 11 is 12.8. The van der Waals surface area contributed by atoms with Gasteiger partial charge in [-0.25, -0.2) is 4.79 Å². The van der Waals surface area contributed by atoms with E-state index >= 15 is 0 Å². The third kappa shape index (κ3) is 5.38. The maximum atomic E-state index is 12.1. The third-order valence-electron chi connectivity index (χ3n) is 5.47. The van der Waals surface area contributed by atoms with Crippen molar-refractivity contribution >= 4 is 35.2 Å². The van der Waals surface area contributed by atoms with Crippen molar-refractivity contribution in [2.75, 3.05) is 0 Å². The van der Waals surface area contributed by atoms with Crippen molar-refractivity contribution in [3.05, 3.63) is 92.5 Å². The summed E-state index contributed by atoms with van der Waals surface area (Å²) < 4.78 is 10.8. The minimum Gasteiger partial charge on any atom is -0.508 e. The van der Waals surface area contributed by atoms with Crippen LogP contribution in [0.15, 0.2) is 54.6 Å². The second-order valence-corrected chi connectivity index (χ2v) is 8.68. The molecule has 0 radical (unpaired) electrons. The van der Waals surface area contributed by atoms with E-state index in [2.05, 4.69) is 5.32 Å². The maximum absolute atomic E-state index is 12.1. The Bertz CT molecular complexity index is 1230. The number of alkyl carbamates (subject to hydrolysis) is 1. The number of amides is 2. The summed E-state index contributed by atoms with van der Waals surface area (Å²) in [6.07, 6.45) is -0.624. The van der Waals surface area contributed by atoms with Crippen LogP contribution in [0, 0.1) is 0 Å². The number of rotatable bonds is 7. The quantitative estimate of drug-likeness (QED) is 0.442. The van der Waals surface area contributed by atoms with E-state index in [1.165, 1.54) is 0 Å². The Hall–Kier alpha value is -3.42. The van der Waals surface area contributed by atoms with Gasteiger partial charge in [-0.2, -0.15) is 0 Å². The summed E-state index contributed by atoms with van der Waals surface area (Å²) in [7, 11) is 0. The van der Waals surface area contributed by atoms with Crippen molar-refractivity contribution in [1.29, 1.82) is 0 Å². The molecule has 7 nitrogen and oxygen atoms in total. The molecule has 0 aromatic heterocycles. The average molecular weight is 501 g/mol. The Labute approximate surface area is 206 Å². The van der Waals surface area contributed by atoms with Crippen molar-refractivity contribution in [3.63, 3.8) is 0 Å². The summed E-state index contributed by atoms with van der Waals surface area (Å²) in [6.45, 7) is 0.233. The van der Waals surface area contributed by atoms with Gasteiger partial charge in [0.05, 0.1) is 5.02 Å². The number of phenols is 1. The Kier molecular flexibility index (Phi) is 7.14. The first-order valence-corrected chi connectivity index (χ1v) is 11.3. The number of primary amides is 1. The first kappa shape index (κ1) is 23.7. The van der Waals surface area contributed by atoms with Crippen LogP contribution in [0.1, 0.15) is 27.8 Å². The van der Waals surface area contributed by atoms with Crippen LogP contribution in [0.2, 0.25) is 10.0 Å². The molecule has 1 unspecified atom stereocenters. The Morgan fingerprint density at radius 2 is 1.82 bits per heavy atom. The highest BCUT2D eigenvalue weighted by Crippen LogP contribution is 2.43. The van der Waals surface area contributed by atoms with Gasteiger partial charge in [0.25, 0.3) is 5.91 Å². The lowest BCUT2D eigenvalue weighted by atomic mass is 9.99. The predicted molar refractivity (Wildman–Crippen MR) is 128 cm³/mol. The lowest BCUT2D eigenvalue weighted by Gasteiger charge is -2.13. The molecule has 0 bridgehead atoms. The van der Waals surface area contributed by atoms with Crippen LogP contribution in [-0.4, -0.2) is 23.2 Å². The molecule has 9 heteroatoms. The fourth-order valence-electron chi connectivity index (χ4n) is 3.72. The molecule has 4 rings (SSSR count). The standard InChI is InChI=1S/C25H22Cl2N2O5/c26-21-16(10-17-11-20(24(28)31)34-23(17)22(21)27)8-15-6-7-19(30)18(9-15)12-29-25(32)33-13-14-4-2-1-3-5-14/h1-7,9-10,20,30H,8,11-13H2,(H2,28,31)(H,29,32). The van der Waals surface area contributed by atoms with E-state index in [1.54, 1.807) is 18.2 Å². The van der Waals surface area contributed by atoms with E-state index in [0.29, 0.717) is 29.2 Å². The Morgan fingerprint density at radius 3 is 2.56 bits per heavy atom. The molecule has 1 aliphatic rings. The Morgan fingerprint density at radius 1 is 1.06 bits per heavy atom. The van der Waals surface area contributed by atoms with Gasteiger partial charge in [0.2, 0.25) is 0 Å². The van der Waals surface area contributed by atoms with Crippen LogP contribution < -0.4 is 15.8 Å². The van der Waals surface area contributed by atoms with E-state index in [1.807, 2.05) is 36.4 Å². The number of hydrogen-bond acceptors (Lipinski definition) is 5. The zero-order valence-corrected chi connectivity index (χ0v) is 19.5. The number of aromatic hydroxyl groups is 1. The molecule has 1 atom stereocenters. The van der Waals surface area contributed by atoms with Gasteiger partial charge in [-0.05, 0) is 35.2 Å². The van der Waals surface area contributed by atoms with E-state index in [9.17, 15) is 14.7 Å². The normalized spacial score (nSPS) is 14.2. The summed E-state index contributed by atoms with van der Waals surface area (Å²) in [5, 5.41) is 13.4. The molecule has 176 valence electrons. The van der Waals surface area contributed by atoms with Crippen LogP contribution >= 0.6 is 23.2 Å². The number of halogens is 2. The molecule has 34 heavy (non-hydrogen) atoms. The average Bonchev–Trinajstić information content (AvgIpc) is 3.26. The number of nitrogens with two attached hydrogens (primary N) is 1. The number of benzene rings is 3. The van der Waals surface area contributed by atoms with Crippen LogP contribution in [-0.2, 0) is 35.5 Å². The number of carbonyl (C=O) groups is 2. The van der Waals surface area contributed by atoms with Crippen molar-refractivity contribution in [2.24, 2.45) is 5.73 Å². The van der Waals surface area contributed by atoms with Gasteiger partial charge in [-0.15, -0.1) is 0 Å². The van der Waals surface area contributed by atoms with Crippen molar-refractivity contribution < 1.29 is 24.2 Å². The smallest absolute Gasteiger partial charge is 0.407 e. The number of phenolic OH excluding ortho intramolecular Hbond substituents is 1. The molecule has 0 aliphatic carbocycles. The minimum absolute atomic E-state index is 0.0443. The van der Waals surface area contributed by atoms with Gasteiger partial charge in [0.1, 0.15) is 23.1 Å². The molecule has 0 saturated carbocycles. The largest absolute Gasteiger partial charge is 0.508 e. The van der Waals surface area contributed by atoms with Gasteiger partial charge in [0, 0.05) is 24.1 Å². The number of carbonyl (C=O) groups excluding carboxylic acids is 2. The van der Waals surface area contributed by atoms with Crippen LogP contribution in [0.5, 0.6) is 11.5 Å². The number of nitrogens with one attached hydrogen (secondary N) is 1. The monoisotopic (exact) mass is 500 g/mol. The van der Waals surface area contributed by atoms with Crippen LogP contribution in [0.3, 0.4) is 0 Å². The van der Waals surface area contributed by atoms with E-state index in [-0.39, 0.29) is 23.9 Å². The van der Waals surface area contributed by atoms with Crippen molar-refractivity contribution in [2.45, 2.75) is 32.1 Å². The topological polar surface area (TPSA) is 111 Å². The lowest BCUT2D eigenvalue weighted by Crippen LogP contribution is -2.31. The molecular formula is C25H22Cl2N2O5. The highest BCUT2D eigenvalue weighted by molar-refractivity contribution is 6.43. The summed E-state index contributed by atoms with van der Waals surface area (Å²) in [5.41, 5.74) is 9.10. The predicted octanol–water partition coefficient (Wildman–Crippen LogP) is 4.51. The minimum atomic E-state index is -0.771. The van der Waals surface area contributed by atoms with Crippen LogP contribution in [0.4, 0.5) is 4.79 Å². The molecule has 1 heterocycles. The third-order valence-corrected chi connectivity index (χ3v) is 6.36. The first-order valence-electron chi connectivity index (χ1n) is 10.5. The SMILES string of the molecule is NC(=O)C1Cc2cc(Cc3ccc(O)c(CNC(=O)OCc4ccccc4)c3)c(Cl)c(Cl)c2O1. The highest BCUT2D eigenvalue weighted by atomic mass is 35.5. The van der Waals surface area contributed by atoms with Crippen molar-refractivity contribution in [1.82, 2.24) is 5.32 Å². The van der Waals surface area contributed by atoms with Crippen molar-refractivity contribution in [3.8, 4) is 11.5 Å². The fourth-order valence-corrected chi connectivity index (χ4v) is 4.22. The first-order chi connectivity index (χ1) is 16.3. The lowest BCUT2D eigenvalue weighted by molar-refractivity contribution is -0.123. The molecule has 0 fully saturated rings. The Balaban J connectivity index is 1.43. The number of hydrogen-bond donors (Lipinski definition) is 3. The molecule has 4 N–H and O–H groups in total. The van der Waals surface area contributed by atoms with Gasteiger partial charge in [-0.3, -0.25) is 4.79 Å². The summed E-state index contributed by atoms with van der Waals surface area (Å²) in [5.74, 6) is -0.144. The van der Waals surface area contributed by atoms with Crippen LogP contribution in [0.25, 0.3) is 0 Å². The second kappa shape index (κ2) is 10.2. The summed E-state index contributed by atoms with van der Waals surface area (Å²) in [6, 6.07) is 16.3. The molecule has 1 aliphatic heterocycles. The highest BCUT2D eigenvalue weighted by Gasteiger charge is 2.31. The van der Waals surface area contributed by atoms with Gasteiger partial charge >= 0.3 is 6.09 Å². The fraction of sp³-hybridized carbons (Fsp3) is 0.200. The van der Waals surface area contributed by atoms with Gasteiger partial charge in [0.15, 0.2) is 6.10 Å². The molecular weight excluding hydrogens is 479 g/mol. The zero-order valence-electron chi connectivity index (χ0n) is 18.0. The van der Waals surface area contributed by atoms with E-state index < -0.39 is 18.1 Å². The maximum Gasteiger partial charge on any atom is 0.407 e. The molecule has 3 aromatic rings. The van der Waals surface area contributed by atoms with E-state index in [0.717, 1.165) is 22.3 Å². The molecule has 3 aromatic carbocycles. The second-order valence-electron chi connectivity index (χ2n) is 7.92. The molecule has 0 spiro atoms. The van der Waals surface area contributed by atoms with E-state index in [4.69, 9.17) is 38.4 Å². The molecule has 0 saturated heterocycles. The zero-order chi connectivity index (χ0) is 24.2. The summed E-state index contributed by atoms with van der Waals surface area (Å²) in [4.78, 5) is 23.5. The number of fused-ring (bicyclic) bond motifs is 1. The van der Waals surface area contributed by atoms with Gasteiger partial charge in [-0.1, -0.05) is 65.7 Å². The molecule has 2 amide bonds. The number of ether oxygens (including phenoxy) is 2.